The van der Waals surface area contributed by atoms with Gasteiger partial charge >= 0.3 is 6.18 Å². The molecule has 0 fully saturated rings. The number of carbonyl (C=O) groups is 1. The van der Waals surface area contributed by atoms with Crippen molar-refractivity contribution in [2.45, 2.75) is 31.1 Å². The monoisotopic (exact) mass is 487 g/mol. The number of alkyl halides is 3. The van der Waals surface area contributed by atoms with Crippen LogP contribution >= 0.6 is 11.6 Å². The highest BCUT2D eigenvalue weighted by molar-refractivity contribution is 6.30. The fraction of sp³-hybridized carbons (Fsp3) is 0.250. The largest absolute Gasteiger partial charge is 0.410 e. The molecule has 0 spiro atoms. The highest BCUT2D eigenvalue weighted by Crippen LogP contribution is 2.43. The highest BCUT2D eigenvalue weighted by atomic mass is 35.5. The zero-order valence-electron chi connectivity index (χ0n) is 17.9. The summed E-state index contributed by atoms with van der Waals surface area (Å²) in [6.45, 7) is 0.326. The van der Waals surface area contributed by atoms with E-state index < -0.39 is 24.2 Å². The molecule has 0 radical (unpaired) electrons. The molecule has 0 aliphatic carbocycles. The van der Waals surface area contributed by atoms with Crippen molar-refractivity contribution in [3.05, 3.63) is 82.6 Å². The van der Waals surface area contributed by atoms with Gasteiger partial charge in [-0.1, -0.05) is 41.9 Å². The summed E-state index contributed by atoms with van der Waals surface area (Å²) >= 11 is 5.91. The summed E-state index contributed by atoms with van der Waals surface area (Å²) < 4.78 is 42.4. The van der Waals surface area contributed by atoms with Crippen molar-refractivity contribution >= 4 is 34.2 Å². The summed E-state index contributed by atoms with van der Waals surface area (Å²) in [5, 5.41) is 11.4. The van der Waals surface area contributed by atoms with Gasteiger partial charge in [0.2, 0.25) is 0 Å². The smallest absolute Gasteiger partial charge is 0.363 e. The van der Waals surface area contributed by atoms with E-state index in [0.717, 1.165) is 21.1 Å². The van der Waals surface area contributed by atoms with Gasteiger partial charge in [-0.2, -0.15) is 18.3 Å². The number of nitrogens with one attached hydrogen (secondary N) is 3. The lowest BCUT2D eigenvalue weighted by atomic mass is 9.97. The van der Waals surface area contributed by atoms with E-state index in [0.29, 0.717) is 23.6 Å². The van der Waals surface area contributed by atoms with Crippen molar-refractivity contribution in [3.63, 3.8) is 0 Å². The zero-order valence-corrected chi connectivity index (χ0v) is 18.6. The van der Waals surface area contributed by atoms with Crippen molar-refractivity contribution in [1.29, 1.82) is 0 Å². The minimum absolute atomic E-state index is 0.0626. The first-order valence-corrected chi connectivity index (χ1v) is 11.2. The van der Waals surface area contributed by atoms with Crippen LogP contribution in [0.25, 0.3) is 10.9 Å². The Balaban J connectivity index is 1.32. The molecule has 0 saturated heterocycles. The van der Waals surface area contributed by atoms with Gasteiger partial charge in [0.1, 0.15) is 5.82 Å². The van der Waals surface area contributed by atoms with E-state index in [9.17, 15) is 18.0 Å². The van der Waals surface area contributed by atoms with E-state index in [1.54, 1.807) is 24.3 Å². The van der Waals surface area contributed by atoms with Crippen LogP contribution in [-0.2, 0) is 6.42 Å². The molecule has 2 aromatic heterocycles. The minimum atomic E-state index is -4.52. The molecule has 10 heteroatoms. The Bertz CT molecular complexity index is 1330. The quantitative estimate of drug-likeness (QED) is 0.340. The van der Waals surface area contributed by atoms with Crippen LogP contribution in [0.1, 0.15) is 40.1 Å². The molecule has 1 amide bonds. The van der Waals surface area contributed by atoms with E-state index >= 15 is 0 Å². The number of fused-ring (bicyclic) bond motifs is 2. The number of carbonyl (C=O) groups excluding carboxylic acids is 1. The second-order valence-corrected chi connectivity index (χ2v) is 8.70. The van der Waals surface area contributed by atoms with Gasteiger partial charge in [-0.25, -0.2) is 4.68 Å². The molecule has 1 aliphatic heterocycles. The normalized spacial score (nSPS) is 17.9. The van der Waals surface area contributed by atoms with E-state index in [-0.39, 0.29) is 17.9 Å². The summed E-state index contributed by atoms with van der Waals surface area (Å²) in [6, 6.07) is 13.4. The van der Waals surface area contributed by atoms with Crippen LogP contribution in [0.15, 0.2) is 60.8 Å². The third-order valence-electron chi connectivity index (χ3n) is 6.05. The van der Waals surface area contributed by atoms with E-state index in [1.165, 1.54) is 6.07 Å². The second-order valence-electron chi connectivity index (χ2n) is 8.27. The minimum Gasteiger partial charge on any atom is -0.363 e. The zero-order chi connectivity index (χ0) is 23.9. The maximum Gasteiger partial charge on any atom is 0.410 e. The number of aromatic nitrogens is 3. The summed E-state index contributed by atoms with van der Waals surface area (Å²) in [5.41, 5.74) is 2.66. The van der Waals surface area contributed by atoms with Gasteiger partial charge < -0.3 is 15.6 Å². The number of halogens is 4. The molecule has 1 aliphatic rings. The van der Waals surface area contributed by atoms with E-state index in [2.05, 4.69) is 20.7 Å². The van der Waals surface area contributed by atoms with Gasteiger partial charge in [0.15, 0.2) is 11.7 Å². The molecule has 5 rings (SSSR count). The fourth-order valence-electron chi connectivity index (χ4n) is 4.34. The van der Waals surface area contributed by atoms with Crippen molar-refractivity contribution in [1.82, 2.24) is 20.1 Å². The van der Waals surface area contributed by atoms with Crippen molar-refractivity contribution in [3.8, 4) is 0 Å². The lowest BCUT2D eigenvalue weighted by molar-refractivity contribution is -0.173. The Kier molecular flexibility index (Phi) is 5.73. The van der Waals surface area contributed by atoms with E-state index in [1.807, 2.05) is 30.5 Å². The van der Waals surface area contributed by atoms with Crippen LogP contribution in [0, 0.1) is 0 Å². The van der Waals surface area contributed by atoms with E-state index in [4.69, 9.17) is 11.6 Å². The van der Waals surface area contributed by atoms with Crippen LogP contribution in [0.3, 0.4) is 0 Å². The molecule has 0 bridgehead atoms. The molecule has 176 valence electrons. The number of hydrogen-bond donors (Lipinski definition) is 3. The number of rotatable bonds is 5. The Labute approximate surface area is 198 Å². The second kappa shape index (κ2) is 8.72. The first-order chi connectivity index (χ1) is 16.3. The first kappa shape index (κ1) is 22.3. The Morgan fingerprint density at radius 2 is 1.94 bits per heavy atom. The summed E-state index contributed by atoms with van der Waals surface area (Å²) in [5.74, 6) is -0.372. The number of hydrogen-bond acceptors (Lipinski definition) is 3. The topological polar surface area (TPSA) is 74.7 Å². The molecular formula is C24H21ClF3N5O. The van der Waals surface area contributed by atoms with Gasteiger partial charge in [-0.3, -0.25) is 4.79 Å². The molecule has 6 nitrogen and oxygen atoms in total. The van der Waals surface area contributed by atoms with Gasteiger partial charge in [0, 0.05) is 41.2 Å². The fourth-order valence-corrected chi connectivity index (χ4v) is 4.46. The van der Waals surface area contributed by atoms with Crippen LogP contribution < -0.4 is 10.6 Å². The highest BCUT2D eigenvalue weighted by Gasteiger charge is 2.46. The lowest BCUT2D eigenvalue weighted by Gasteiger charge is -2.33. The van der Waals surface area contributed by atoms with Crippen LogP contribution in [0.4, 0.5) is 19.0 Å². The maximum absolute atomic E-state index is 13.9. The van der Waals surface area contributed by atoms with Crippen molar-refractivity contribution in [2.75, 3.05) is 11.9 Å². The van der Waals surface area contributed by atoms with Gasteiger partial charge in [-0.15, -0.1) is 0 Å². The number of H-pyrrole nitrogens is 1. The number of amides is 1. The number of aromatic amines is 1. The molecule has 3 heterocycles. The number of nitrogens with zero attached hydrogens (tertiary/aromatic N) is 2. The Hall–Kier alpha value is -3.46. The first-order valence-electron chi connectivity index (χ1n) is 10.8. The third-order valence-corrected chi connectivity index (χ3v) is 6.30. The average Bonchev–Trinajstić information content (AvgIpc) is 3.42. The molecule has 34 heavy (non-hydrogen) atoms. The van der Waals surface area contributed by atoms with Gasteiger partial charge in [0.25, 0.3) is 5.91 Å². The van der Waals surface area contributed by atoms with Crippen molar-refractivity contribution in [2.24, 2.45) is 0 Å². The molecule has 4 aromatic rings. The predicted molar refractivity (Wildman–Crippen MR) is 124 cm³/mol. The molecule has 0 saturated carbocycles. The van der Waals surface area contributed by atoms with Gasteiger partial charge in [-0.05, 0) is 35.7 Å². The lowest BCUT2D eigenvalue weighted by Crippen LogP contribution is -2.35. The summed E-state index contributed by atoms with van der Waals surface area (Å²) in [4.78, 5) is 15.9. The molecule has 0 unspecified atom stereocenters. The summed E-state index contributed by atoms with van der Waals surface area (Å²) in [7, 11) is 0. The SMILES string of the molecule is O=C(NCCc1c[nH]c2ccccc12)c1cc2n(n1)[C@@H](C(F)(F)F)C[C@@H](c1ccc(Cl)cc1)N2. The van der Waals surface area contributed by atoms with Gasteiger partial charge in [0.05, 0.1) is 6.04 Å². The number of para-hydroxylation sites is 1. The van der Waals surface area contributed by atoms with Crippen LogP contribution in [-0.4, -0.2) is 33.4 Å². The summed E-state index contributed by atoms with van der Waals surface area (Å²) in [6.07, 6.45) is -2.30. The predicted octanol–water partition coefficient (Wildman–Crippen LogP) is 5.65. The molecule has 2 atom stereocenters. The Morgan fingerprint density at radius 1 is 1.18 bits per heavy atom. The maximum atomic E-state index is 13.9. The van der Waals surface area contributed by atoms with Crippen LogP contribution in [0.2, 0.25) is 5.02 Å². The number of anilines is 1. The molecule has 2 aromatic carbocycles. The third kappa shape index (κ3) is 4.35. The molecule has 3 N–H and O–H groups in total. The standard InChI is InChI=1S/C24H21ClF3N5O/c25-16-7-5-14(6-8-16)19-11-21(24(26,27)28)33-22(31-19)12-20(32-33)23(34)29-10-9-15-13-30-18-4-2-1-3-17(15)18/h1-8,12-13,19,21,30-31H,9-11H2,(H,29,34)/t19-,21+/m0/s1. The Morgan fingerprint density at radius 3 is 2.71 bits per heavy atom. The van der Waals surface area contributed by atoms with Crippen molar-refractivity contribution < 1.29 is 18.0 Å². The number of benzene rings is 2. The van der Waals surface area contributed by atoms with Crippen LogP contribution in [0.5, 0.6) is 0 Å². The molecular weight excluding hydrogens is 467 g/mol. The average molecular weight is 488 g/mol.